The van der Waals surface area contributed by atoms with Crippen molar-refractivity contribution in [2.75, 3.05) is 13.1 Å². The number of rotatable bonds is 5. The van der Waals surface area contributed by atoms with Crippen molar-refractivity contribution in [3.8, 4) is 0 Å². The zero-order valence-corrected chi connectivity index (χ0v) is 12.6. The molecule has 0 spiro atoms. The third kappa shape index (κ3) is 3.58. The molecule has 3 rings (SSSR count). The van der Waals surface area contributed by atoms with Crippen molar-refractivity contribution in [2.24, 2.45) is 5.92 Å². The molecule has 1 aliphatic heterocycles. The molecular weight excluding hydrogens is 268 g/mol. The molecular formula is C14H24N6O. The Kier molecular flexibility index (Phi) is 4.48. The highest BCUT2D eigenvalue weighted by molar-refractivity contribution is 5.78. The molecule has 2 fully saturated rings. The molecule has 2 heterocycles. The number of carbonyl (C=O) groups excluding carboxylic acids is 1. The van der Waals surface area contributed by atoms with Crippen LogP contribution in [0.5, 0.6) is 0 Å². The van der Waals surface area contributed by atoms with Crippen LogP contribution in [0.1, 0.15) is 39.0 Å². The molecule has 116 valence electrons. The van der Waals surface area contributed by atoms with E-state index in [2.05, 4.69) is 27.8 Å². The Hall–Kier alpha value is -1.50. The van der Waals surface area contributed by atoms with E-state index in [1.807, 2.05) is 4.90 Å². The van der Waals surface area contributed by atoms with Crippen molar-refractivity contribution in [3.05, 3.63) is 6.33 Å². The topological polar surface area (TPSA) is 75.9 Å². The average molecular weight is 292 g/mol. The molecule has 0 unspecified atom stereocenters. The maximum atomic E-state index is 12.2. The summed E-state index contributed by atoms with van der Waals surface area (Å²) in [4.78, 5) is 14.2. The minimum atomic E-state index is 0.254. The lowest BCUT2D eigenvalue weighted by Crippen LogP contribution is -2.42. The van der Waals surface area contributed by atoms with Gasteiger partial charge in [-0.2, -0.15) is 0 Å². The Bertz CT molecular complexity index is 462. The summed E-state index contributed by atoms with van der Waals surface area (Å²) in [6.07, 6.45) is 7.36. The van der Waals surface area contributed by atoms with Gasteiger partial charge in [-0.25, -0.2) is 4.68 Å². The molecule has 3 atom stereocenters. The summed E-state index contributed by atoms with van der Waals surface area (Å²) in [5.74, 6) is 0.857. The zero-order valence-electron chi connectivity index (χ0n) is 12.6. The van der Waals surface area contributed by atoms with Gasteiger partial charge < -0.3 is 10.2 Å². The molecule has 0 bridgehead atoms. The standard InChI is InChI=1S/C14H24N6O/c1-11-3-2-6-20(11)14(21)8-15-13-5-4-12(7-13)9-19-10-16-17-18-19/h10-13,15H,2-9H2,1H3/t11-,12+,13-/m1/s1. The molecule has 1 N–H and O–H groups in total. The third-order valence-electron chi connectivity index (χ3n) is 4.79. The van der Waals surface area contributed by atoms with Gasteiger partial charge in [-0.15, -0.1) is 5.10 Å². The first-order valence-corrected chi connectivity index (χ1v) is 7.96. The summed E-state index contributed by atoms with van der Waals surface area (Å²) in [5.41, 5.74) is 0. The number of nitrogens with zero attached hydrogens (tertiary/aromatic N) is 5. The first-order valence-electron chi connectivity index (χ1n) is 7.96. The predicted molar refractivity (Wildman–Crippen MR) is 77.4 cm³/mol. The number of nitrogens with one attached hydrogen (secondary N) is 1. The van der Waals surface area contributed by atoms with Crippen molar-refractivity contribution in [1.29, 1.82) is 0 Å². The number of amides is 1. The predicted octanol–water partition coefficient (Wildman–Crippen LogP) is 0.442. The highest BCUT2D eigenvalue weighted by Gasteiger charge is 2.28. The summed E-state index contributed by atoms with van der Waals surface area (Å²) < 4.78 is 1.80. The van der Waals surface area contributed by atoms with Gasteiger partial charge in [0.15, 0.2) is 0 Å². The van der Waals surface area contributed by atoms with Gasteiger partial charge in [-0.05, 0) is 55.4 Å². The van der Waals surface area contributed by atoms with E-state index in [4.69, 9.17) is 0 Å². The monoisotopic (exact) mass is 292 g/mol. The second-order valence-electron chi connectivity index (χ2n) is 6.37. The second-order valence-corrected chi connectivity index (χ2v) is 6.37. The van der Waals surface area contributed by atoms with Crippen LogP contribution in [0, 0.1) is 5.92 Å². The Morgan fingerprint density at radius 3 is 3.00 bits per heavy atom. The maximum absolute atomic E-state index is 12.2. The first-order chi connectivity index (χ1) is 10.2. The highest BCUT2D eigenvalue weighted by Crippen LogP contribution is 2.26. The fourth-order valence-electron chi connectivity index (χ4n) is 3.59. The van der Waals surface area contributed by atoms with E-state index in [0.717, 1.165) is 38.8 Å². The molecule has 1 aromatic heterocycles. The molecule has 1 saturated carbocycles. The third-order valence-corrected chi connectivity index (χ3v) is 4.79. The van der Waals surface area contributed by atoms with Crippen LogP contribution in [0.25, 0.3) is 0 Å². The minimum Gasteiger partial charge on any atom is -0.339 e. The molecule has 2 aliphatic rings. The second kappa shape index (κ2) is 6.51. The minimum absolute atomic E-state index is 0.254. The number of hydrogen-bond donors (Lipinski definition) is 1. The van der Waals surface area contributed by atoms with Crippen molar-refractivity contribution < 1.29 is 4.79 Å². The Morgan fingerprint density at radius 2 is 2.29 bits per heavy atom. The van der Waals surface area contributed by atoms with Crippen LogP contribution in [0.15, 0.2) is 6.33 Å². The molecule has 1 aromatic rings. The molecule has 0 aromatic carbocycles. The van der Waals surface area contributed by atoms with Gasteiger partial charge in [0.25, 0.3) is 0 Å². The lowest BCUT2D eigenvalue weighted by atomic mass is 10.1. The van der Waals surface area contributed by atoms with Crippen LogP contribution in [0.2, 0.25) is 0 Å². The summed E-state index contributed by atoms with van der Waals surface area (Å²) >= 11 is 0. The SMILES string of the molecule is C[C@@H]1CCCN1C(=O)CN[C@@H]1CC[C@H](Cn2cnnn2)C1. The number of carbonyl (C=O) groups is 1. The van der Waals surface area contributed by atoms with Gasteiger partial charge in [0.05, 0.1) is 6.54 Å². The Labute approximate surface area is 125 Å². The summed E-state index contributed by atoms with van der Waals surface area (Å²) in [6.45, 7) is 4.42. The van der Waals surface area contributed by atoms with Gasteiger partial charge in [-0.1, -0.05) is 0 Å². The largest absolute Gasteiger partial charge is 0.339 e. The van der Waals surface area contributed by atoms with Crippen LogP contribution in [-0.2, 0) is 11.3 Å². The lowest BCUT2D eigenvalue weighted by molar-refractivity contribution is -0.130. The van der Waals surface area contributed by atoms with Gasteiger partial charge in [0.2, 0.25) is 5.91 Å². The number of hydrogen-bond acceptors (Lipinski definition) is 5. The van der Waals surface area contributed by atoms with Crippen LogP contribution < -0.4 is 5.32 Å². The van der Waals surface area contributed by atoms with Crippen LogP contribution >= 0.6 is 0 Å². The number of likely N-dealkylation sites (tertiary alicyclic amines) is 1. The van der Waals surface area contributed by atoms with E-state index in [1.165, 1.54) is 6.42 Å². The fourth-order valence-corrected chi connectivity index (χ4v) is 3.59. The van der Waals surface area contributed by atoms with Crippen molar-refractivity contribution >= 4 is 5.91 Å². The van der Waals surface area contributed by atoms with E-state index in [0.29, 0.717) is 24.5 Å². The summed E-state index contributed by atoms with van der Waals surface area (Å²) in [7, 11) is 0. The van der Waals surface area contributed by atoms with E-state index in [-0.39, 0.29) is 5.91 Å². The van der Waals surface area contributed by atoms with Gasteiger partial charge in [0, 0.05) is 25.2 Å². The van der Waals surface area contributed by atoms with Crippen LogP contribution in [0.4, 0.5) is 0 Å². The Balaban J connectivity index is 1.39. The van der Waals surface area contributed by atoms with Crippen LogP contribution in [-0.4, -0.2) is 56.2 Å². The van der Waals surface area contributed by atoms with E-state index < -0.39 is 0 Å². The molecule has 1 aliphatic carbocycles. The molecule has 0 radical (unpaired) electrons. The Morgan fingerprint density at radius 1 is 1.38 bits per heavy atom. The quantitative estimate of drug-likeness (QED) is 0.852. The van der Waals surface area contributed by atoms with Crippen molar-refractivity contribution in [2.45, 2.75) is 57.7 Å². The van der Waals surface area contributed by atoms with Gasteiger partial charge in [-0.3, -0.25) is 4.79 Å². The van der Waals surface area contributed by atoms with Crippen LogP contribution in [0.3, 0.4) is 0 Å². The highest BCUT2D eigenvalue weighted by atomic mass is 16.2. The fraction of sp³-hybridized carbons (Fsp3) is 0.857. The van der Waals surface area contributed by atoms with Gasteiger partial charge >= 0.3 is 0 Å². The summed E-state index contributed by atoms with van der Waals surface area (Å²) in [5, 5.41) is 14.7. The van der Waals surface area contributed by atoms with Gasteiger partial charge in [0.1, 0.15) is 6.33 Å². The maximum Gasteiger partial charge on any atom is 0.236 e. The smallest absolute Gasteiger partial charge is 0.236 e. The van der Waals surface area contributed by atoms with Crippen molar-refractivity contribution in [3.63, 3.8) is 0 Å². The molecule has 1 saturated heterocycles. The summed E-state index contributed by atoms with van der Waals surface area (Å²) in [6, 6.07) is 0.865. The van der Waals surface area contributed by atoms with Crippen molar-refractivity contribution in [1.82, 2.24) is 30.4 Å². The van der Waals surface area contributed by atoms with E-state index >= 15 is 0 Å². The average Bonchev–Trinajstić information content (AvgIpc) is 3.19. The first kappa shape index (κ1) is 14.4. The van der Waals surface area contributed by atoms with E-state index in [9.17, 15) is 4.79 Å². The zero-order chi connectivity index (χ0) is 14.7. The number of aromatic nitrogens is 4. The molecule has 7 heteroatoms. The van der Waals surface area contributed by atoms with E-state index in [1.54, 1.807) is 11.0 Å². The number of tetrazole rings is 1. The molecule has 21 heavy (non-hydrogen) atoms. The molecule has 7 nitrogen and oxygen atoms in total. The lowest BCUT2D eigenvalue weighted by Gasteiger charge is -2.22. The normalized spacial score (nSPS) is 29.2. The molecule has 1 amide bonds.